The average molecular weight is 271 g/mol. The molecular weight excluding hydrogens is 250 g/mol. The molecule has 1 aromatic heterocycles. The highest BCUT2D eigenvalue weighted by Gasteiger charge is 2.03. The van der Waals surface area contributed by atoms with E-state index < -0.39 is 0 Å². The van der Waals surface area contributed by atoms with Crippen LogP contribution in [0.3, 0.4) is 0 Å². The fourth-order valence-electron chi connectivity index (χ4n) is 1.90. The van der Waals surface area contributed by atoms with Crippen LogP contribution in [0.5, 0.6) is 0 Å². The monoisotopic (exact) mass is 271 g/mol. The molecule has 1 aromatic carbocycles. The fraction of sp³-hybridized carbons (Fsp3) is 0.333. The molecule has 0 aliphatic heterocycles. The molecule has 5 nitrogen and oxygen atoms in total. The predicted molar refractivity (Wildman–Crippen MR) is 84.4 cm³/mol. The highest BCUT2D eigenvalue weighted by Crippen LogP contribution is 2.21. The molecule has 2 rings (SSSR count). The molecule has 0 fully saturated rings. The predicted octanol–water partition coefficient (Wildman–Crippen LogP) is 3.36. The molecule has 0 amide bonds. The zero-order chi connectivity index (χ0) is 14.5. The Bertz CT molecular complexity index is 563. The van der Waals surface area contributed by atoms with Gasteiger partial charge in [-0.3, -0.25) is 0 Å². The van der Waals surface area contributed by atoms with E-state index in [9.17, 15) is 0 Å². The van der Waals surface area contributed by atoms with Gasteiger partial charge in [0.2, 0.25) is 5.95 Å². The van der Waals surface area contributed by atoms with E-state index in [1.807, 2.05) is 25.1 Å². The van der Waals surface area contributed by atoms with Crippen molar-refractivity contribution in [1.82, 2.24) is 9.97 Å². The number of hydrogen-bond donors (Lipinski definition) is 3. The molecule has 20 heavy (non-hydrogen) atoms. The number of rotatable bonds is 5. The number of aromatic nitrogens is 2. The fourth-order valence-corrected chi connectivity index (χ4v) is 1.90. The Morgan fingerprint density at radius 3 is 2.35 bits per heavy atom. The Kier molecular flexibility index (Phi) is 4.40. The second kappa shape index (κ2) is 6.23. The van der Waals surface area contributed by atoms with E-state index in [0.717, 1.165) is 18.1 Å². The van der Waals surface area contributed by atoms with Gasteiger partial charge in [-0.1, -0.05) is 26.0 Å². The van der Waals surface area contributed by atoms with Gasteiger partial charge in [0.15, 0.2) is 0 Å². The molecule has 0 saturated heterocycles. The Morgan fingerprint density at radius 2 is 1.75 bits per heavy atom. The van der Waals surface area contributed by atoms with Crippen molar-refractivity contribution in [1.29, 1.82) is 0 Å². The van der Waals surface area contributed by atoms with Crippen LogP contribution in [0.25, 0.3) is 0 Å². The van der Waals surface area contributed by atoms with Crippen molar-refractivity contribution >= 4 is 23.3 Å². The normalized spacial score (nSPS) is 10.6. The van der Waals surface area contributed by atoms with Crippen LogP contribution in [-0.4, -0.2) is 16.5 Å². The Morgan fingerprint density at radius 1 is 1.10 bits per heavy atom. The van der Waals surface area contributed by atoms with Crippen molar-refractivity contribution < 1.29 is 0 Å². The maximum absolute atomic E-state index is 5.70. The zero-order valence-corrected chi connectivity index (χ0v) is 12.1. The van der Waals surface area contributed by atoms with Gasteiger partial charge in [-0.15, -0.1) is 0 Å². The molecular formula is C15H21N5. The van der Waals surface area contributed by atoms with E-state index in [2.05, 4.69) is 46.6 Å². The first kappa shape index (κ1) is 14.1. The van der Waals surface area contributed by atoms with Crippen molar-refractivity contribution in [2.24, 2.45) is 0 Å². The number of anilines is 4. The van der Waals surface area contributed by atoms with Crippen LogP contribution in [0.4, 0.5) is 23.3 Å². The summed E-state index contributed by atoms with van der Waals surface area (Å²) in [6.45, 7) is 7.15. The molecule has 0 atom stereocenters. The van der Waals surface area contributed by atoms with Crippen molar-refractivity contribution in [3.63, 3.8) is 0 Å². The largest absolute Gasteiger partial charge is 0.370 e. The van der Waals surface area contributed by atoms with Crippen molar-refractivity contribution in [3.8, 4) is 0 Å². The molecule has 106 valence electrons. The van der Waals surface area contributed by atoms with E-state index in [0.29, 0.717) is 11.7 Å². The van der Waals surface area contributed by atoms with Crippen LogP contribution >= 0.6 is 0 Å². The molecule has 0 radical (unpaired) electrons. The van der Waals surface area contributed by atoms with Crippen LogP contribution < -0.4 is 16.4 Å². The molecule has 4 N–H and O–H groups in total. The van der Waals surface area contributed by atoms with E-state index in [4.69, 9.17) is 5.73 Å². The van der Waals surface area contributed by atoms with Crippen molar-refractivity contribution in [2.75, 3.05) is 22.9 Å². The third-order valence-electron chi connectivity index (χ3n) is 2.95. The molecule has 2 aromatic rings. The van der Waals surface area contributed by atoms with Crippen molar-refractivity contribution in [2.45, 2.75) is 26.7 Å². The third-order valence-corrected chi connectivity index (χ3v) is 2.95. The molecule has 0 unspecified atom stereocenters. The minimum Gasteiger partial charge on any atom is -0.370 e. The highest BCUT2D eigenvalue weighted by molar-refractivity contribution is 5.61. The van der Waals surface area contributed by atoms with Crippen LogP contribution in [0, 0.1) is 0 Å². The third kappa shape index (κ3) is 3.60. The summed E-state index contributed by atoms with van der Waals surface area (Å²) in [6, 6.07) is 10.2. The zero-order valence-electron chi connectivity index (χ0n) is 12.1. The Hall–Kier alpha value is -2.30. The summed E-state index contributed by atoms with van der Waals surface area (Å²) in [4.78, 5) is 8.30. The quantitative estimate of drug-likeness (QED) is 0.777. The van der Waals surface area contributed by atoms with Gasteiger partial charge in [-0.05, 0) is 30.5 Å². The molecule has 0 saturated carbocycles. The lowest BCUT2D eigenvalue weighted by atomic mass is 10.0. The molecule has 0 aliphatic rings. The van der Waals surface area contributed by atoms with E-state index in [1.54, 1.807) is 0 Å². The number of nitrogens with two attached hydrogens (primary N) is 1. The van der Waals surface area contributed by atoms with Gasteiger partial charge in [0.25, 0.3) is 0 Å². The van der Waals surface area contributed by atoms with E-state index in [1.165, 1.54) is 5.56 Å². The maximum Gasteiger partial charge on any atom is 0.223 e. The van der Waals surface area contributed by atoms with Gasteiger partial charge < -0.3 is 16.4 Å². The minimum absolute atomic E-state index is 0.254. The first-order valence-electron chi connectivity index (χ1n) is 6.84. The van der Waals surface area contributed by atoms with Crippen LogP contribution in [-0.2, 0) is 0 Å². The number of benzene rings is 1. The summed E-state index contributed by atoms with van der Waals surface area (Å²) in [5.74, 6) is 2.19. The Balaban J connectivity index is 2.16. The molecule has 0 spiro atoms. The van der Waals surface area contributed by atoms with Crippen LogP contribution in [0.15, 0.2) is 30.3 Å². The second-order valence-corrected chi connectivity index (χ2v) is 4.93. The second-order valence-electron chi connectivity index (χ2n) is 4.93. The lowest BCUT2D eigenvalue weighted by Crippen LogP contribution is -2.05. The number of hydrogen-bond acceptors (Lipinski definition) is 5. The first-order chi connectivity index (χ1) is 9.58. The lowest BCUT2D eigenvalue weighted by molar-refractivity contribution is 0.867. The first-order valence-corrected chi connectivity index (χ1v) is 6.84. The van der Waals surface area contributed by atoms with Crippen LogP contribution in [0.1, 0.15) is 32.3 Å². The molecule has 0 bridgehead atoms. The summed E-state index contributed by atoms with van der Waals surface area (Å²) in [6.07, 6.45) is 0. The SMILES string of the molecule is CCNc1cc(Nc2ccc(C(C)C)cc2)nc(N)n1. The Labute approximate surface area is 119 Å². The smallest absolute Gasteiger partial charge is 0.223 e. The van der Waals surface area contributed by atoms with Crippen molar-refractivity contribution in [3.05, 3.63) is 35.9 Å². The minimum atomic E-state index is 0.254. The summed E-state index contributed by atoms with van der Waals surface area (Å²) in [5, 5.41) is 6.37. The summed E-state index contributed by atoms with van der Waals surface area (Å²) in [5.41, 5.74) is 8.00. The maximum atomic E-state index is 5.70. The number of nitrogen functional groups attached to an aromatic ring is 1. The average Bonchev–Trinajstić information content (AvgIpc) is 2.39. The van der Waals surface area contributed by atoms with Gasteiger partial charge >= 0.3 is 0 Å². The highest BCUT2D eigenvalue weighted by atomic mass is 15.1. The summed E-state index contributed by atoms with van der Waals surface area (Å²) >= 11 is 0. The standard InChI is InChI=1S/C15H21N5/c1-4-17-13-9-14(20-15(16)19-13)18-12-7-5-11(6-8-12)10(2)3/h5-10H,4H2,1-3H3,(H4,16,17,18,19,20). The van der Waals surface area contributed by atoms with E-state index >= 15 is 0 Å². The van der Waals surface area contributed by atoms with Gasteiger partial charge in [0, 0.05) is 18.3 Å². The van der Waals surface area contributed by atoms with Gasteiger partial charge in [0.05, 0.1) is 0 Å². The van der Waals surface area contributed by atoms with Crippen LogP contribution in [0.2, 0.25) is 0 Å². The molecule has 5 heteroatoms. The molecule has 1 heterocycles. The van der Waals surface area contributed by atoms with E-state index in [-0.39, 0.29) is 5.95 Å². The van der Waals surface area contributed by atoms with Gasteiger partial charge in [-0.25, -0.2) is 0 Å². The number of nitrogens with one attached hydrogen (secondary N) is 2. The van der Waals surface area contributed by atoms with Gasteiger partial charge in [0.1, 0.15) is 11.6 Å². The summed E-state index contributed by atoms with van der Waals surface area (Å²) < 4.78 is 0. The molecule has 0 aliphatic carbocycles. The number of nitrogens with zero attached hydrogens (tertiary/aromatic N) is 2. The van der Waals surface area contributed by atoms with Gasteiger partial charge in [-0.2, -0.15) is 9.97 Å². The lowest BCUT2D eigenvalue weighted by Gasteiger charge is -2.10. The topological polar surface area (TPSA) is 75.9 Å². The summed E-state index contributed by atoms with van der Waals surface area (Å²) in [7, 11) is 0.